The Bertz CT molecular complexity index is 618. The van der Waals surface area contributed by atoms with Crippen molar-refractivity contribution in [2.24, 2.45) is 0 Å². The van der Waals surface area contributed by atoms with Gasteiger partial charge in [-0.3, -0.25) is 4.79 Å². The highest BCUT2D eigenvalue weighted by Gasteiger charge is 2.26. The molecule has 2 aromatic rings. The molecule has 110 valence electrons. The Morgan fingerprint density at radius 2 is 2.10 bits per heavy atom. The van der Waals surface area contributed by atoms with Gasteiger partial charge in [-0.05, 0) is 12.8 Å². The van der Waals surface area contributed by atoms with Gasteiger partial charge in [-0.1, -0.05) is 43.7 Å². The van der Waals surface area contributed by atoms with E-state index in [-0.39, 0.29) is 11.8 Å². The average molecular weight is 283 g/mol. The van der Waals surface area contributed by atoms with Crippen LogP contribution in [0.4, 0.5) is 0 Å². The summed E-state index contributed by atoms with van der Waals surface area (Å²) in [5.41, 5.74) is 3.37. The van der Waals surface area contributed by atoms with Crippen molar-refractivity contribution in [2.75, 3.05) is 6.54 Å². The molecule has 2 N–H and O–H groups in total. The van der Waals surface area contributed by atoms with Gasteiger partial charge >= 0.3 is 0 Å². The molecule has 1 unspecified atom stereocenters. The molecule has 0 radical (unpaired) electrons. The number of aromatic nitrogens is 2. The second-order valence-electron chi connectivity index (χ2n) is 5.62. The fourth-order valence-electron chi connectivity index (χ4n) is 2.79. The number of unbranched alkanes of at least 4 members (excludes halogenated alkanes) is 1. The van der Waals surface area contributed by atoms with Crippen LogP contribution in [0.15, 0.2) is 30.3 Å². The predicted molar refractivity (Wildman–Crippen MR) is 83.0 cm³/mol. The largest absolute Gasteiger partial charge is 0.355 e. The third kappa shape index (κ3) is 2.99. The lowest BCUT2D eigenvalue weighted by Gasteiger charge is -2.01. The number of carbonyl (C=O) groups is 1. The van der Waals surface area contributed by atoms with Crippen LogP contribution in [0.1, 0.15) is 43.6 Å². The number of rotatable bonds is 5. The first-order valence-electron chi connectivity index (χ1n) is 7.68. The standard InChI is InChI=1S/C17H21N3O/c1-2-3-9-14-16(12-7-5-4-6-8-12)20-17(19-14)13-10-15(21)18-11-13/h4-8,13H,2-3,9-11H2,1H3,(H,18,21)(H,19,20). The average Bonchev–Trinajstić information content (AvgIpc) is 3.12. The third-order valence-corrected chi connectivity index (χ3v) is 3.99. The zero-order valence-electron chi connectivity index (χ0n) is 12.4. The van der Waals surface area contributed by atoms with Crippen LogP contribution in [0, 0.1) is 0 Å². The number of H-pyrrole nitrogens is 1. The van der Waals surface area contributed by atoms with Crippen LogP contribution in [0.3, 0.4) is 0 Å². The molecule has 1 aliphatic rings. The number of benzene rings is 1. The van der Waals surface area contributed by atoms with Crippen LogP contribution in [0.5, 0.6) is 0 Å². The van der Waals surface area contributed by atoms with Crippen LogP contribution in [0.25, 0.3) is 11.3 Å². The molecule has 0 aliphatic carbocycles. The Morgan fingerprint density at radius 3 is 2.76 bits per heavy atom. The summed E-state index contributed by atoms with van der Waals surface area (Å²) in [5, 5.41) is 2.88. The van der Waals surface area contributed by atoms with Crippen molar-refractivity contribution >= 4 is 5.91 Å². The lowest BCUT2D eigenvalue weighted by Crippen LogP contribution is -2.13. The van der Waals surface area contributed by atoms with Gasteiger partial charge in [-0.15, -0.1) is 0 Å². The molecule has 4 heteroatoms. The Hall–Kier alpha value is -2.10. The summed E-state index contributed by atoms with van der Waals surface area (Å²) in [4.78, 5) is 19.7. The number of hydrogen-bond donors (Lipinski definition) is 2. The third-order valence-electron chi connectivity index (χ3n) is 3.99. The van der Waals surface area contributed by atoms with Crippen LogP contribution in [-0.4, -0.2) is 22.4 Å². The predicted octanol–water partition coefficient (Wildman–Crippen LogP) is 3.02. The van der Waals surface area contributed by atoms with Crippen LogP contribution in [-0.2, 0) is 11.2 Å². The number of aromatic amines is 1. The molecule has 1 aliphatic heterocycles. The van der Waals surface area contributed by atoms with Crippen molar-refractivity contribution in [3.8, 4) is 11.3 Å². The van der Waals surface area contributed by atoms with Gasteiger partial charge < -0.3 is 10.3 Å². The fraction of sp³-hybridized carbons (Fsp3) is 0.412. The van der Waals surface area contributed by atoms with Gasteiger partial charge in [-0.2, -0.15) is 0 Å². The molecular formula is C17H21N3O. The van der Waals surface area contributed by atoms with E-state index in [1.165, 1.54) is 5.69 Å². The first-order chi connectivity index (χ1) is 10.3. The molecule has 1 aromatic heterocycles. The zero-order chi connectivity index (χ0) is 14.7. The molecular weight excluding hydrogens is 262 g/mol. The van der Waals surface area contributed by atoms with Crippen molar-refractivity contribution in [1.82, 2.24) is 15.3 Å². The minimum Gasteiger partial charge on any atom is -0.355 e. The second kappa shape index (κ2) is 6.12. The summed E-state index contributed by atoms with van der Waals surface area (Å²) in [6, 6.07) is 10.3. The highest BCUT2D eigenvalue weighted by molar-refractivity contribution is 5.79. The van der Waals surface area contributed by atoms with Gasteiger partial charge in [0.1, 0.15) is 5.82 Å². The van der Waals surface area contributed by atoms with Crippen molar-refractivity contribution < 1.29 is 4.79 Å². The summed E-state index contributed by atoms with van der Waals surface area (Å²) in [7, 11) is 0. The molecule has 3 rings (SSSR count). The van der Waals surface area contributed by atoms with Crippen LogP contribution < -0.4 is 5.32 Å². The molecule has 2 heterocycles. The highest BCUT2D eigenvalue weighted by Crippen LogP contribution is 2.28. The maximum absolute atomic E-state index is 11.4. The van der Waals surface area contributed by atoms with Crippen molar-refractivity contribution in [1.29, 1.82) is 0 Å². The summed E-state index contributed by atoms with van der Waals surface area (Å²) in [6.07, 6.45) is 3.84. The molecule has 1 saturated heterocycles. The van der Waals surface area contributed by atoms with Crippen molar-refractivity contribution in [3.05, 3.63) is 41.9 Å². The number of hydrogen-bond acceptors (Lipinski definition) is 2. The van der Waals surface area contributed by atoms with Crippen molar-refractivity contribution in [3.63, 3.8) is 0 Å². The van der Waals surface area contributed by atoms with E-state index in [4.69, 9.17) is 4.98 Å². The van der Waals surface area contributed by atoms with Gasteiger partial charge in [0.05, 0.1) is 5.69 Å². The van der Waals surface area contributed by atoms with Gasteiger partial charge in [0.25, 0.3) is 0 Å². The van der Waals surface area contributed by atoms with Gasteiger partial charge in [0, 0.05) is 30.1 Å². The van der Waals surface area contributed by atoms with E-state index >= 15 is 0 Å². The highest BCUT2D eigenvalue weighted by atomic mass is 16.1. The van der Waals surface area contributed by atoms with E-state index in [0.717, 1.165) is 36.3 Å². The summed E-state index contributed by atoms with van der Waals surface area (Å²) in [5.74, 6) is 1.24. The maximum Gasteiger partial charge on any atom is 0.220 e. The molecule has 1 atom stereocenters. The summed E-state index contributed by atoms with van der Waals surface area (Å²) in [6.45, 7) is 2.88. The fourth-order valence-corrected chi connectivity index (χ4v) is 2.79. The quantitative estimate of drug-likeness (QED) is 0.886. The van der Waals surface area contributed by atoms with Crippen LogP contribution >= 0.6 is 0 Å². The number of carbonyl (C=O) groups excluding carboxylic acids is 1. The monoisotopic (exact) mass is 283 g/mol. The van der Waals surface area contributed by atoms with E-state index < -0.39 is 0 Å². The molecule has 0 saturated carbocycles. The molecule has 1 amide bonds. The molecule has 0 bridgehead atoms. The van der Waals surface area contributed by atoms with E-state index in [1.54, 1.807) is 0 Å². The lowest BCUT2D eigenvalue weighted by atomic mass is 10.1. The van der Waals surface area contributed by atoms with E-state index in [2.05, 4.69) is 29.4 Å². The first-order valence-corrected chi connectivity index (χ1v) is 7.68. The first kappa shape index (κ1) is 13.9. The van der Waals surface area contributed by atoms with Gasteiger partial charge in [-0.25, -0.2) is 4.98 Å². The van der Waals surface area contributed by atoms with Gasteiger partial charge in [0.2, 0.25) is 5.91 Å². The Labute approximate surface area is 125 Å². The Kier molecular flexibility index (Phi) is 4.04. The smallest absolute Gasteiger partial charge is 0.220 e. The molecule has 1 fully saturated rings. The molecule has 1 aromatic carbocycles. The minimum absolute atomic E-state index is 0.118. The summed E-state index contributed by atoms with van der Waals surface area (Å²) < 4.78 is 0. The number of aryl methyl sites for hydroxylation is 1. The SMILES string of the molecule is CCCCc1[nH]c(C2CNC(=O)C2)nc1-c1ccccc1. The molecule has 0 spiro atoms. The summed E-state index contributed by atoms with van der Waals surface area (Å²) >= 11 is 0. The van der Waals surface area contributed by atoms with Crippen molar-refractivity contribution in [2.45, 2.75) is 38.5 Å². The van der Waals surface area contributed by atoms with E-state index in [0.29, 0.717) is 13.0 Å². The lowest BCUT2D eigenvalue weighted by molar-refractivity contribution is -0.119. The number of nitrogens with one attached hydrogen (secondary N) is 2. The van der Waals surface area contributed by atoms with E-state index in [1.807, 2.05) is 18.2 Å². The topological polar surface area (TPSA) is 57.8 Å². The minimum atomic E-state index is 0.118. The molecule has 21 heavy (non-hydrogen) atoms. The zero-order valence-corrected chi connectivity index (χ0v) is 12.4. The normalized spacial score (nSPS) is 18.0. The number of imidazole rings is 1. The second-order valence-corrected chi connectivity index (χ2v) is 5.62. The Balaban J connectivity index is 1.93. The van der Waals surface area contributed by atoms with Crippen LogP contribution in [0.2, 0.25) is 0 Å². The number of nitrogens with zero attached hydrogens (tertiary/aromatic N) is 1. The number of amides is 1. The maximum atomic E-state index is 11.4. The van der Waals surface area contributed by atoms with Gasteiger partial charge in [0.15, 0.2) is 0 Å². The van der Waals surface area contributed by atoms with E-state index in [9.17, 15) is 4.79 Å². The molecule has 4 nitrogen and oxygen atoms in total. The Morgan fingerprint density at radius 1 is 1.29 bits per heavy atom.